The zero-order valence-corrected chi connectivity index (χ0v) is 10.9. The predicted molar refractivity (Wildman–Crippen MR) is 74.3 cm³/mol. The van der Waals surface area contributed by atoms with E-state index < -0.39 is 11.9 Å². The molecule has 0 unspecified atom stereocenters. The SMILES string of the molecule is O=C(O)c1ccc(CNC(=O)c2ccc(O)cc2O)cc1. The quantitative estimate of drug-likeness (QED) is 0.685. The van der Waals surface area contributed by atoms with Gasteiger partial charge in [-0.1, -0.05) is 12.1 Å². The second-order valence-electron chi connectivity index (χ2n) is 4.39. The van der Waals surface area contributed by atoms with Crippen molar-refractivity contribution in [2.75, 3.05) is 0 Å². The van der Waals surface area contributed by atoms with Gasteiger partial charge in [0.15, 0.2) is 0 Å². The van der Waals surface area contributed by atoms with Crippen LogP contribution in [0.25, 0.3) is 0 Å². The van der Waals surface area contributed by atoms with Crippen LogP contribution in [0.3, 0.4) is 0 Å². The van der Waals surface area contributed by atoms with Gasteiger partial charge in [0.25, 0.3) is 5.91 Å². The highest BCUT2D eigenvalue weighted by molar-refractivity contribution is 5.97. The van der Waals surface area contributed by atoms with Crippen LogP contribution in [-0.4, -0.2) is 27.2 Å². The zero-order chi connectivity index (χ0) is 15.4. The second-order valence-corrected chi connectivity index (χ2v) is 4.39. The maximum absolute atomic E-state index is 11.9. The smallest absolute Gasteiger partial charge is 0.335 e. The number of aromatic hydroxyl groups is 2. The van der Waals surface area contributed by atoms with Crippen LogP contribution in [-0.2, 0) is 6.54 Å². The van der Waals surface area contributed by atoms with Crippen molar-refractivity contribution in [1.29, 1.82) is 0 Å². The Morgan fingerprint density at radius 3 is 2.24 bits per heavy atom. The lowest BCUT2D eigenvalue weighted by Crippen LogP contribution is -2.22. The maximum Gasteiger partial charge on any atom is 0.335 e. The number of aromatic carboxylic acids is 1. The maximum atomic E-state index is 11.9. The number of carboxylic acid groups (broad SMARTS) is 1. The van der Waals surface area contributed by atoms with Crippen LogP contribution >= 0.6 is 0 Å². The van der Waals surface area contributed by atoms with E-state index in [1.54, 1.807) is 12.1 Å². The molecule has 0 aliphatic heterocycles. The molecule has 0 radical (unpaired) electrons. The lowest BCUT2D eigenvalue weighted by atomic mass is 10.1. The van der Waals surface area contributed by atoms with Gasteiger partial charge < -0.3 is 20.6 Å². The third-order valence-corrected chi connectivity index (χ3v) is 2.88. The Morgan fingerprint density at radius 1 is 1.00 bits per heavy atom. The van der Waals surface area contributed by atoms with Crippen molar-refractivity contribution in [2.24, 2.45) is 0 Å². The molecule has 0 aliphatic carbocycles. The van der Waals surface area contributed by atoms with E-state index in [-0.39, 0.29) is 29.2 Å². The number of amides is 1. The molecule has 6 heteroatoms. The van der Waals surface area contributed by atoms with Gasteiger partial charge in [-0.3, -0.25) is 4.79 Å². The molecular formula is C15H13NO5. The molecule has 2 aromatic carbocycles. The Labute approximate surface area is 120 Å². The fourth-order valence-electron chi connectivity index (χ4n) is 1.75. The lowest BCUT2D eigenvalue weighted by Gasteiger charge is -2.07. The molecule has 108 valence electrons. The Balaban J connectivity index is 2.02. The molecular weight excluding hydrogens is 274 g/mol. The van der Waals surface area contributed by atoms with Gasteiger partial charge in [-0.2, -0.15) is 0 Å². The van der Waals surface area contributed by atoms with Gasteiger partial charge in [-0.05, 0) is 29.8 Å². The Kier molecular flexibility index (Phi) is 4.08. The predicted octanol–water partition coefficient (Wildman–Crippen LogP) is 1.73. The summed E-state index contributed by atoms with van der Waals surface area (Å²) in [5.41, 5.74) is 0.947. The molecule has 21 heavy (non-hydrogen) atoms. The van der Waals surface area contributed by atoms with Crippen LogP contribution in [0.4, 0.5) is 0 Å². The molecule has 0 heterocycles. The molecule has 2 rings (SSSR count). The first-order valence-corrected chi connectivity index (χ1v) is 6.10. The summed E-state index contributed by atoms with van der Waals surface area (Å²) in [6.45, 7) is 0.194. The minimum atomic E-state index is -1.01. The van der Waals surface area contributed by atoms with Crippen LogP contribution in [0.5, 0.6) is 11.5 Å². The van der Waals surface area contributed by atoms with Gasteiger partial charge >= 0.3 is 5.97 Å². The van der Waals surface area contributed by atoms with Gasteiger partial charge in [0.2, 0.25) is 0 Å². The number of hydrogen-bond acceptors (Lipinski definition) is 4. The van der Waals surface area contributed by atoms with Crippen LogP contribution < -0.4 is 5.32 Å². The van der Waals surface area contributed by atoms with Crippen LogP contribution in [0.15, 0.2) is 42.5 Å². The Morgan fingerprint density at radius 2 is 1.67 bits per heavy atom. The van der Waals surface area contributed by atoms with Crippen molar-refractivity contribution in [3.05, 3.63) is 59.2 Å². The number of carboxylic acids is 1. The van der Waals surface area contributed by atoms with E-state index in [9.17, 15) is 14.7 Å². The summed E-state index contributed by atoms with van der Waals surface area (Å²) in [4.78, 5) is 22.6. The Bertz CT molecular complexity index is 679. The highest BCUT2D eigenvalue weighted by Crippen LogP contribution is 2.22. The van der Waals surface area contributed by atoms with E-state index >= 15 is 0 Å². The summed E-state index contributed by atoms with van der Waals surface area (Å²) in [6, 6.07) is 9.78. The summed E-state index contributed by atoms with van der Waals surface area (Å²) in [5, 5.41) is 30.1. The van der Waals surface area contributed by atoms with E-state index in [1.807, 2.05) is 0 Å². The molecule has 0 saturated carbocycles. The van der Waals surface area contributed by atoms with Crippen LogP contribution in [0.2, 0.25) is 0 Å². The van der Waals surface area contributed by atoms with Gasteiger partial charge in [0.05, 0.1) is 11.1 Å². The molecule has 0 aliphatic rings. The number of carbonyl (C=O) groups is 2. The molecule has 0 fully saturated rings. The molecule has 0 saturated heterocycles. The summed E-state index contributed by atoms with van der Waals surface area (Å²) < 4.78 is 0. The minimum absolute atomic E-state index is 0.0509. The third kappa shape index (κ3) is 3.50. The Hall–Kier alpha value is -3.02. The molecule has 1 amide bonds. The largest absolute Gasteiger partial charge is 0.508 e. The number of phenols is 2. The highest BCUT2D eigenvalue weighted by atomic mass is 16.4. The van der Waals surface area contributed by atoms with E-state index in [1.165, 1.54) is 24.3 Å². The van der Waals surface area contributed by atoms with Crippen molar-refractivity contribution in [3.63, 3.8) is 0 Å². The highest BCUT2D eigenvalue weighted by Gasteiger charge is 2.11. The van der Waals surface area contributed by atoms with Crippen molar-refractivity contribution in [2.45, 2.75) is 6.54 Å². The molecule has 6 nitrogen and oxygen atoms in total. The van der Waals surface area contributed by atoms with Crippen LogP contribution in [0, 0.1) is 0 Å². The number of phenolic OH excluding ortho intramolecular Hbond substituents is 2. The number of nitrogens with one attached hydrogen (secondary N) is 1. The molecule has 0 atom stereocenters. The van der Waals surface area contributed by atoms with Gasteiger partial charge in [0.1, 0.15) is 11.5 Å². The lowest BCUT2D eigenvalue weighted by molar-refractivity contribution is 0.0696. The summed E-state index contributed by atoms with van der Waals surface area (Å²) in [7, 11) is 0. The number of carbonyl (C=O) groups excluding carboxylic acids is 1. The van der Waals surface area contributed by atoms with E-state index in [0.717, 1.165) is 11.6 Å². The monoisotopic (exact) mass is 287 g/mol. The fourth-order valence-corrected chi connectivity index (χ4v) is 1.75. The normalized spacial score (nSPS) is 10.1. The first-order chi connectivity index (χ1) is 9.97. The first kappa shape index (κ1) is 14.4. The van der Waals surface area contributed by atoms with Crippen molar-refractivity contribution in [1.82, 2.24) is 5.32 Å². The van der Waals surface area contributed by atoms with Crippen LogP contribution in [0.1, 0.15) is 26.3 Å². The number of rotatable bonds is 4. The topological polar surface area (TPSA) is 107 Å². The first-order valence-electron chi connectivity index (χ1n) is 6.10. The number of hydrogen-bond donors (Lipinski definition) is 4. The zero-order valence-electron chi connectivity index (χ0n) is 10.9. The van der Waals surface area contributed by atoms with E-state index in [0.29, 0.717) is 0 Å². The van der Waals surface area contributed by atoms with Gasteiger partial charge in [-0.15, -0.1) is 0 Å². The molecule has 0 bridgehead atoms. The molecule has 4 N–H and O–H groups in total. The third-order valence-electron chi connectivity index (χ3n) is 2.88. The summed E-state index contributed by atoms with van der Waals surface area (Å²) in [6.07, 6.45) is 0. The van der Waals surface area contributed by atoms with E-state index in [4.69, 9.17) is 10.2 Å². The standard InChI is InChI=1S/C15H13NO5/c17-11-5-6-12(13(18)7-11)14(19)16-8-9-1-3-10(4-2-9)15(20)21/h1-7,17-18H,8H2,(H,16,19)(H,20,21). The van der Waals surface area contributed by atoms with E-state index in [2.05, 4.69) is 5.32 Å². The average Bonchev–Trinajstić information content (AvgIpc) is 2.45. The molecule has 0 aromatic heterocycles. The van der Waals surface area contributed by atoms with Crippen molar-refractivity contribution in [3.8, 4) is 11.5 Å². The fraction of sp³-hybridized carbons (Fsp3) is 0.0667. The summed E-state index contributed by atoms with van der Waals surface area (Å²) >= 11 is 0. The number of benzene rings is 2. The van der Waals surface area contributed by atoms with Crippen molar-refractivity contribution < 1.29 is 24.9 Å². The minimum Gasteiger partial charge on any atom is -0.508 e. The molecule has 2 aromatic rings. The van der Waals surface area contributed by atoms with Crippen molar-refractivity contribution >= 4 is 11.9 Å². The van der Waals surface area contributed by atoms with Gasteiger partial charge in [0, 0.05) is 12.6 Å². The molecule has 0 spiro atoms. The summed E-state index contributed by atoms with van der Waals surface area (Å²) in [5.74, 6) is -1.95. The second kappa shape index (κ2) is 5.96. The average molecular weight is 287 g/mol. The van der Waals surface area contributed by atoms with Gasteiger partial charge in [-0.25, -0.2) is 4.79 Å².